The van der Waals surface area contributed by atoms with Crippen molar-refractivity contribution in [1.82, 2.24) is 10.6 Å². The summed E-state index contributed by atoms with van der Waals surface area (Å²) < 4.78 is 0. The highest BCUT2D eigenvalue weighted by molar-refractivity contribution is 5.79. The third-order valence-corrected chi connectivity index (χ3v) is 4.53. The van der Waals surface area contributed by atoms with Crippen LogP contribution >= 0.6 is 0 Å². The van der Waals surface area contributed by atoms with Gasteiger partial charge in [0.05, 0.1) is 0 Å². The van der Waals surface area contributed by atoms with Gasteiger partial charge in [-0.2, -0.15) is 0 Å². The number of nitrogens with one attached hydrogen (secondary N) is 2. The summed E-state index contributed by atoms with van der Waals surface area (Å²) in [6, 6.07) is 0. The van der Waals surface area contributed by atoms with Crippen LogP contribution in [-0.2, 0) is 14.4 Å². The van der Waals surface area contributed by atoms with E-state index in [1.807, 2.05) is 27.9 Å². The molecule has 0 amide bonds. The molecule has 162 valence electrons. The molecule has 6 nitrogen and oxygen atoms in total. The molecule has 3 atom stereocenters. The molecule has 0 rings (SSSR count). The highest BCUT2D eigenvalue weighted by Gasteiger charge is 2.10. The van der Waals surface area contributed by atoms with Crippen molar-refractivity contribution in [2.45, 2.75) is 67.2 Å². The second-order valence-electron chi connectivity index (χ2n) is 6.88. The highest BCUT2D eigenvalue weighted by Crippen LogP contribution is 2.05. The summed E-state index contributed by atoms with van der Waals surface area (Å²) in [7, 11) is 3.75. The number of carbonyl (C=O) groups is 3. The molecule has 6 heteroatoms. The average Bonchev–Trinajstić information content (AvgIpc) is 2.61. The number of hydrogen-bond acceptors (Lipinski definition) is 6. The van der Waals surface area contributed by atoms with E-state index >= 15 is 0 Å². The minimum atomic E-state index is 0.0926. The molecule has 0 aromatic carbocycles. The molecule has 0 saturated heterocycles. The molecule has 0 aliphatic carbocycles. The Bertz CT molecular complexity index is 377. The first-order chi connectivity index (χ1) is 12.7. The molecule has 0 saturated carbocycles. The molecule has 27 heavy (non-hydrogen) atoms. The van der Waals surface area contributed by atoms with E-state index in [1.165, 1.54) is 0 Å². The Labute approximate surface area is 167 Å². The lowest BCUT2D eigenvalue weighted by molar-refractivity contribution is -0.121. The standard InChI is InChI=1S/C8H17NO.C7H15NO.C6H13NO/c1-4-5-8(6-9-3)7(2)10;1-4-7(5-8-3)6(2)9;1-3-6(4-7)5(2)8/h8-9H,4-6H2,1-3H3;7-8H,4-5H2,1-3H3;6H,3-4,7H2,1-2H3. The average molecular weight is 388 g/mol. The summed E-state index contributed by atoms with van der Waals surface area (Å²) in [4.78, 5) is 32.1. The van der Waals surface area contributed by atoms with Crippen molar-refractivity contribution in [1.29, 1.82) is 0 Å². The van der Waals surface area contributed by atoms with E-state index in [0.29, 0.717) is 12.3 Å². The van der Waals surface area contributed by atoms with E-state index in [-0.39, 0.29) is 29.3 Å². The first-order valence-corrected chi connectivity index (χ1v) is 10.2. The summed E-state index contributed by atoms with van der Waals surface area (Å²) >= 11 is 0. The highest BCUT2D eigenvalue weighted by atomic mass is 16.1. The lowest BCUT2D eigenvalue weighted by Gasteiger charge is -2.10. The quantitative estimate of drug-likeness (QED) is 0.476. The number of hydrogen-bond donors (Lipinski definition) is 3. The van der Waals surface area contributed by atoms with E-state index in [9.17, 15) is 14.4 Å². The Kier molecular flexibility index (Phi) is 24.0. The van der Waals surface area contributed by atoms with Crippen molar-refractivity contribution in [2.75, 3.05) is 33.7 Å². The Balaban J connectivity index is -0.000000322. The Hall–Kier alpha value is -1.11. The largest absolute Gasteiger partial charge is 0.330 e. The summed E-state index contributed by atoms with van der Waals surface area (Å²) in [5.41, 5.74) is 5.26. The minimum Gasteiger partial charge on any atom is -0.330 e. The summed E-state index contributed by atoms with van der Waals surface area (Å²) in [6.45, 7) is 13.1. The molecular weight excluding hydrogens is 342 g/mol. The molecule has 0 fully saturated rings. The van der Waals surface area contributed by atoms with Gasteiger partial charge in [0.1, 0.15) is 17.3 Å². The van der Waals surface area contributed by atoms with Crippen LogP contribution in [0.5, 0.6) is 0 Å². The van der Waals surface area contributed by atoms with Crippen LogP contribution < -0.4 is 16.4 Å². The van der Waals surface area contributed by atoms with Gasteiger partial charge >= 0.3 is 0 Å². The van der Waals surface area contributed by atoms with Crippen molar-refractivity contribution in [2.24, 2.45) is 23.5 Å². The van der Waals surface area contributed by atoms with Gasteiger partial charge in [-0.05, 0) is 54.1 Å². The number of rotatable bonds is 12. The molecule has 0 radical (unpaired) electrons. The maximum absolute atomic E-state index is 10.9. The Morgan fingerprint density at radius 1 is 0.741 bits per heavy atom. The van der Waals surface area contributed by atoms with Crippen LogP contribution in [0.1, 0.15) is 67.2 Å². The predicted octanol–water partition coefficient (Wildman–Crippen LogP) is 2.59. The normalized spacial score (nSPS) is 13.2. The first kappa shape index (κ1) is 30.6. The number of Topliss-reactive ketones (excluding diaryl/α,β-unsaturated/α-hetero) is 3. The second kappa shape index (κ2) is 21.2. The van der Waals surface area contributed by atoms with Crippen molar-refractivity contribution in [3.8, 4) is 0 Å². The number of ketones is 3. The molecule has 3 unspecified atom stereocenters. The molecule has 0 aromatic rings. The van der Waals surface area contributed by atoms with E-state index < -0.39 is 0 Å². The summed E-state index contributed by atoms with van der Waals surface area (Å²) in [5, 5.41) is 5.99. The Morgan fingerprint density at radius 3 is 1.26 bits per heavy atom. The van der Waals surface area contributed by atoms with Crippen molar-refractivity contribution >= 4 is 17.3 Å². The molecular formula is C21H45N3O3. The SMILES string of the molecule is CCC(CN)C(C)=O.CCC(CNC)C(C)=O.CCCC(CNC)C(C)=O. The van der Waals surface area contributed by atoms with Crippen LogP contribution in [0.25, 0.3) is 0 Å². The van der Waals surface area contributed by atoms with Crippen LogP contribution in [0, 0.1) is 17.8 Å². The molecule has 0 aromatic heterocycles. The summed E-state index contributed by atoms with van der Waals surface area (Å²) in [6.07, 6.45) is 3.91. The summed E-state index contributed by atoms with van der Waals surface area (Å²) in [5.74, 6) is 1.33. The van der Waals surface area contributed by atoms with Crippen LogP contribution in [-0.4, -0.2) is 51.1 Å². The van der Waals surface area contributed by atoms with Gasteiger partial charge in [0.2, 0.25) is 0 Å². The first-order valence-electron chi connectivity index (χ1n) is 10.2. The van der Waals surface area contributed by atoms with Gasteiger partial charge in [0.25, 0.3) is 0 Å². The molecule has 0 heterocycles. The fourth-order valence-electron chi connectivity index (χ4n) is 2.49. The van der Waals surface area contributed by atoms with Gasteiger partial charge in [0, 0.05) is 37.4 Å². The van der Waals surface area contributed by atoms with Crippen LogP contribution in [0.2, 0.25) is 0 Å². The molecule has 4 N–H and O–H groups in total. The van der Waals surface area contributed by atoms with Crippen molar-refractivity contribution in [3.05, 3.63) is 0 Å². The molecule has 0 aliphatic rings. The van der Waals surface area contributed by atoms with Gasteiger partial charge in [0.15, 0.2) is 0 Å². The molecule has 0 aliphatic heterocycles. The fraction of sp³-hybridized carbons (Fsp3) is 0.857. The third kappa shape index (κ3) is 19.5. The van der Waals surface area contributed by atoms with Gasteiger partial charge in [-0.1, -0.05) is 27.2 Å². The van der Waals surface area contributed by atoms with Crippen LogP contribution in [0.4, 0.5) is 0 Å². The minimum absolute atomic E-state index is 0.0926. The van der Waals surface area contributed by atoms with Crippen molar-refractivity contribution < 1.29 is 14.4 Å². The lowest BCUT2D eigenvalue weighted by Crippen LogP contribution is -2.24. The second-order valence-corrected chi connectivity index (χ2v) is 6.88. The zero-order valence-corrected chi connectivity index (χ0v) is 19.0. The lowest BCUT2D eigenvalue weighted by atomic mass is 10.00. The fourth-order valence-corrected chi connectivity index (χ4v) is 2.49. The van der Waals surface area contributed by atoms with Gasteiger partial charge in [-0.25, -0.2) is 0 Å². The van der Waals surface area contributed by atoms with Gasteiger partial charge < -0.3 is 16.4 Å². The molecule has 0 bridgehead atoms. The third-order valence-electron chi connectivity index (χ3n) is 4.53. The van der Waals surface area contributed by atoms with Crippen molar-refractivity contribution in [3.63, 3.8) is 0 Å². The zero-order valence-electron chi connectivity index (χ0n) is 19.0. The zero-order chi connectivity index (χ0) is 21.8. The van der Waals surface area contributed by atoms with Gasteiger partial charge in [-0.3, -0.25) is 14.4 Å². The maximum Gasteiger partial charge on any atom is 0.134 e. The van der Waals surface area contributed by atoms with E-state index in [0.717, 1.165) is 38.8 Å². The number of carbonyl (C=O) groups excluding carboxylic acids is 3. The molecule has 0 spiro atoms. The van der Waals surface area contributed by atoms with E-state index in [2.05, 4.69) is 17.6 Å². The maximum atomic E-state index is 10.9. The van der Waals surface area contributed by atoms with Crippen LogP contribution in [0.15, 0.2) is 0 Å². The van der Waals surface area contributed by atoms with Crippen LogP contribution in [0.3, 0.4) is 0 Å². The predicted molar refractivity (Wildman–Crippen MR) is 115 cm³/mol. The monoisotopic (exact) mass is 387 g/mol. The van der Waals surface area contributed by atoms with E-state index in [4.69, 9.17) is 5.73 Å². The smallest absolute Gasteiger partial charge is 0.134 e. The van der Waals surface area contributed by atoms with E-state index in [1.54, 1.807) is 20.8 Å². The Morgan fingerprint density at radius 2 is 1.11 bits per heavy atom. The number of nitrogens with two attached hydrogens (primary N) is 1. The topological polar surface area (TPSA) is 101 Å². The van der Waals surface area contributed by atoms with Gasteiger partial charge in [-0.15, -0.1) is 0 Å².